The molecule has 6 N–H and O–H groups in total. The summed E-state index contributed by atoms with van der Waals surface area (Å²) in [6.45, 7) is 34.2. The quantitative estimate of drug-likeness (QED) is 0.0125. The number of benzene rings is 4. The first-order chi connectivity index (χ1) is 43.6. The maximum absolute atomic E-state index is 13.6. The van der Waals surface area contributed by atoms with Gasteiger partial charge in [0.15, 0.2) is 0 Å². The van der Waals surface area contributed by atoms with E-state index in [9.17, 15) is 34.2 Å². The number of nitrogens with zero attached hydrogens (tertiary/aromatic N) is 2. The minimum Gasteiger partial charge on any atom is -0.550 e. The fourth-order valence-corrected chi connectivity index (χ4v) is 12.5. The first kappa shape index (κ1) is 79.9. The van der Waals surface area contributed by atoms with Gasteiger partial charge < -0.3 is 60.0 Å². The van der Waals surface area contributed by atoms with Crippen molar-refractivity contribution in [3.63, 3.8) is 0 Å². The molecule has 4 aromatic carbocycles. The molecule has 15 nitrogen and oxygen atoms in total. The largest absolute Gasteiger partial charge is 0.550 e. The number of fused-ring (bicyclic) bond motifs is 6. The Morgan fingerprint density at radius 1 is 0.341 bits per heavy atom. The van der Waals surface area contributed by atoms with Gasteiger partial charge in [0.2, 0.25) is 11.8 Å². The minimum atomic E-state index is -1.63. The predicted octanol–water partition coefficient (Wildman–Crippen LogP) is 19.1. The van der Waals surface area contributed by atoms with Crippen LogP contribution in [0.1, 0.15) is 230 Å². The number of anilines is 4. The Hall–Kier alpha value is -5.29. The van der Waals surface area contributed by atoms with Gasteiger partial charge in [-0.25, -0.2) is 4.79 Å². The first-order valence-electron chi connectivity index (χ1n) is 34.3. The molecular weight excluding hydrogens is 1230 g/mol. The highest BCUT2D eigenvalue weighted by Gasteiger charge is 2.27. The topological polar surface area (TPSA) is 211 Å². The van der Waals surface area contributed by atoms with Gasteiger partial charge in [-0.1, -0.05) is 193 Å². The van der Waals surface area contributed by atoms with E-state index in [1.165, 1.54) is 164 Å². The van der Waals surface area contributed by atoms with Gasteiger partial charge in [0, 0.05) is 72.8 Å². The third-order valence-corrected chi connectivity index (χ3v) is 17.6. The summed E-state index contributed by atoms with van der Waals surface area (Å²) in [6.07, 6.45) is 27.4. The molecule has 0 spiro atoms. The van der Waals surface area contributed by atoms with Crippen LogP contribution in [0.15, 0.2) is 48.5 Å². The summed E-state index contributed by atoms with van der Waals surface area (Å²) in [5, 5.41) is 34.9. The van der Waals surface area contributed by atoms with E-state index in [1.807, 2.05) is 0 Å². The van der Waals surface area contributed by atoms with Crippen molar-refractivity contribution in [1.82, 2.24) is 9.97 Å². The van der Waals surface area contributed by atoms with Gasteiger partial charge in [0.1, 0.15) is 0 Å². The number of aliphatic carboxylic acids is 2. The number of carboxylic acids is 2. The van der Waals surface area contributed by atoms with E-state index in [2.05, 4.69) is 100 Å². The summed E-state index contributed by atoms with van der Waals surface area (Å²) >= 11 is 26.1. The molecular formula is C72H110Cl4N8O7. The number of H-pyrrole nitrogens is 2. The fourth-order valence-electron chi connectivity index (χ4n) is 11.6. The van der Waals surface area contributed by atoms with Crippen LogP contribution in [0.3, 0.4) is 0 Å². The number of aromatic nitrogens is 2. The van der Waals surface area contributed by atoms with E-state index >= 15 is 0 Å². The average Bonchev–Trinajstić information content (AvgIpc) is 1.62. The van der Waals surface area contributed by atoms with Crippen LogP contribution in [0.4, 0.5) is 27.5 Å². The van der Waals surface area contributed by atoms with Crippen LogP contribution in [0.2, 0.25) is 20.1 Å². The Balaban J connectivity index is 0.000000429. The number of carbonyl (C=O) groups excluding carboxylic acids is 5. The van der Waals surface area contributed by atoms with E-state index in [0.717, 1.165) is 49.3 Å². The molecule has 0 radical (unpaired) electrons. The van der Waals surface area contributed by atoms with E-state index in [1.54, 1.807) is 48.5 Å². The number of unbranched alkanes of at least 4 members (excludes halogenated alkanes) is 12. The lowest BCUT2D eigenvalue weighted by atomic mass is 10.1. The fraction of sp³-hybridized carbons (Fsp3) is 0.597. The molecule has 0 aliphatic carbocycles. The molecule has 2 heterocycles. The number of hydrogen-bond donors (Lipinski definition) is 6. The Bertz CT molecular complexity index is 2900. The second-order valence-electron chi connectivity index (χ2n) is 24.6. The molecule has 0 fully saturated rings. The maximum Gasteiger partial charge on any atom is 0.323 e. The number of amides is 4. The second kappa shape index (κ2) is 43.6. The lowest BCUT2D eigenvalue weighted by Gasteiger charge is -2.39. The number of aromatic amines is 2. The zero-order valence-electron chi connectivity index (χ0n) is 56.7. The Morgan fingerprint density at radius 3 is 0.758 bits per heavy atom. The molecule has 6 rings (SSSR count). The van der Waals surface area contributed by atoms with E-state index in [0.29, 0.717) is 88.5 Å². The predicted molar refractivity (Wildman–Crippen MR) is 383 cm³/mol. The number of urea groups is 1. The highest BCUT2D eigenvalue weighted by molar-refractivity contribution is 6.36. The number of quaternary nitrogens is 2. The molecule has 0 aliphatic rings. The lowest BCUT2D eigenvalue weighted by Crippen LogP contribution is -2.50. The Kier molecular flexibility index (Phi) is 38.3. The van der Waals surface area contributed by atoms with Gasteiger partial charge in [-0.3, -0.25) is 9.59 Å². The number of halogens is 4. The molecule has 0 saturated heterocycles. The molecule has 19 heteroatoms. The van der Waals surface area contributed by atoms with E-state index in [-0.39, 0.29) is 11.8 Å². The highest BCUT2D eigenvalue weighted by atomic mass is 35.5. The zero-order chi connectivity index (χ0) is 67.4. The molecule has 2 aromatic heterocycles. The van der Waals surface area contributed by atoms with Crippen molar-refractivity contribution in [2.75, 3.05) is 73.6 Å². The van der Waals surface area contributed by atoms with Gasteiger partial charge >= 0.3 is 6.03 Å². The molecule has 91 heavy (non-hydrogen) atoms. The molecule has 0 aliphatic heterocycles. The molecule has 508 valence electrons. The standard InChI is InChI=1S/C37H36Cl4N6O3.2C16H36N.C3H4O4/c1-3-5-7-9-31(48)42-27-15-19(38)11-23-25-13-21(40)17-29(35(25)46-33(23)27)44-37(50)45-30-18-22(41)14-26-24-12-20(39)16-28(34(24)47-36(26)30)43-32(49)10-8-6-4-2;2*1-5-9-13-17(14-10-6-2,15-11-7-3)16-12-8-4;4-2(5)1-3(6)7/h11-18,46-47H,3-10H2,1-2H3,(H,42,48)(H,43,49)(H2,44,45,50);2*5-16H2,1-4H3;1H2,(H,4,5)(H,6,7)/q;2*+1;/p-2. The third kappa shape index (κ3) is 27.7. The molecule has 0 atom stereocenters. The minimum absolute atomic E-state index is 0.106. The lowest BCUT2D eigenvalue weighted by molar-refractivity contribution is -0.929. The summed E-state index contributed by atoms with van der Waals surface area (Å²) in [6, 6.07) is 13.2. The van der Waals surface area contributed by atoms with Crippen molar-refractivity contribution in [3.8, 4) is 0 Å². The average molecular weight is 1340 g/mol. The van der Waals surface area contributed by atoms with Crippen LogP contribution in [-0.4, -0.2) is 101 Å². The third-order valence-electron chi connectivity index (χ3n) is 16.7. The molecule has 0 unspecified atom stereocenters. The normalized spacial score (nSPS) is 11.4. The number of hydrogen-bond acceptors (Lipinski definition) is 7. The number of nitrogens with one attached hydrogen (secondary N) is 6. The van der Waals surface area contributed by atoms with Crippen molar-refractivity contribution in [2.45, 2.75) is 230 Å². The second-order valence-corrected chi connectivity index (χ2v) is 26.3. The van der Waals surface area contributed by atoms with Crippen molar-refractivity contribution < 1.29 is 43.2 Å². The summed E-state index contributed by atoms with van der Waals surface area (Å²) in [5.41, 5.74) is 4.39. The summed E-state index contributed by atoms with van der Waals surface area (Å²) in [7, 11) is 0. The van der Waals surface area contributed by atoms with Gasteiger partial charge in [-0.05, 0) is 113 Å². The van der Waals surface area contributed by atoms with Gasteiger partial charge in [-0.15, -0.1) is 0 Å². The zero-order valence-corrected chi connectivity index (χ0v) is 59.7. The molecule has 0 saturated carbocycles. The maximum atomic E-state index is 13.6. The monoisotopic (exact) mass is 1340 g/mol. The van der Waals surface area contributed by atoms with Gasteiger partial charge in [0.25, 0.3) is 0 Å². The van der Waals surface area contributed by atoms with Crippen LogP contribution < -0.4 is 31.5 Å². The number of carbonyl (C=O) groups is 5. The Labute approximate surface area is 564 Å². The van der Waals surface area contributed by atoms with Crippen molar-refractivity contribution in [2.24, 2.45) is 0 Å². The van der Waals surface area contributed by atoms with Crippen LogP contribution in [-0.2, 0) is 19.2 Å². The van der Waals surface area contributed by atoms with Crippen LogP contribution in [0.25, 0.3) is 43.6 Å². The van der Waals surface area contributed by atoms with Crippen LogP contribution in [0, 0.1) is 0 Å². The highest BCUT2D eigenvalue weighted by Crippen LogP contribution is 2.40. The smallest absolute Gasteiger partial charge is 0.323 e. The summed E-state index contributed by atoms with van der Waals surface area (Å²) in [4.78, 5) is 64.3. The number of carboxylic acid groups (broad SMARTS) is 2. The van der Waals surface area contributed by atoms with Crippen LogP contribution in [0.5, 0.6) is 0 Å². The van der Waals surface area contributed by atoms with E-state index in [4.69, 9.17) is 46.4 Å². The Morgan fingerprint density at radius 2 is 0.560 bits per heavy atom. The summed E-state index contributed by atoms with van der Waals surface area (Å²) in [5.74, 6) is -3.46. The van der Waals surface area contributed by atoms with Gasteiger partial charge in [-0.2, -0.15) is 0 Å². The number of rotatable bonds is 38. The van der Waals surface area contributed by atoms with Gasteiger partial charge in [0.05, 0.1) is 97.2 Å². The van der Waals surface area contributed by atoms with Crippen molar-refractivity contribution in [3.05, 3.63) is 68.6 Å². The molecule has 4 amide bonds. The van der Waals surface area contributed by atoms with E-state index < -0.39 is 24.4 Å². The van der Waals surface area contributed by atoms with Crippen molar-refractivity contribution >= 4 is 143 Å². The van der Waals surface area contributed by atoms with Crippen LogP contribution >= 0.6 is 46.4 Å². The molecule has 6 aromatic rings. The molecule has 0 bridgehead atoms. The SMILES string of the molecule is CCCCCC(=O)Nc1cc(Cl)cc2c1[nH]c1c(NC(=O)Nc3cc(Cl)cc4c3[nH]c3c(NC(=O)CCCCC)cc(Cl)cc34)cc(Cl)cc12.CCCC[N+](CCCC)(CCCC)CCCC.CCCC[N+](CCCC)(CCCC)CCCC.O=C([O-])CC(=O)[O-]. The first-order valence-corrected chi connectivity index (χ1v) is 35.8. The summed E-state index contributed by atoms with van der Waals surface area (Å²) < 4.78 is 2.84. The van der Waals surface area contributed by atoms with Crippen molar-refractivity contribution in [1.29, 1.82) is 0 Å².